The minimum atomic E-state index is 0.511. The molecule has 94 valence electrons. The zero-order valence-corrected chi connectivity index (χ0v) is 12.5. The normalized spacial score (nSPS) is 10.4. The third kappa shape index (κ3) is 3.50. The van der Waals surface area contributed by atoms with Crippen molar-refractivity contribution in [3.05, 3.63) is 63.6 Å². The lowest BCUT2D eigenvalue weighted by Crippen LogP contribution is -1.96. The van der Waals surface area contributed by atoms with Gasteiger partial charge in [-0.3, -0.25) is 0 Å². The fourth-order valence-electron chi connectivity index (χ4n) is 1.59. The Kier molecular flexibility index (Phi) is 4.67. The first kappa shape index (κ1) is 13.4. The molecule has 0 radical (unpaired) electrons. The Morgan fingerprint density at radius 1 is 1.06 bits per heavy atom. The fraction of sp³-hybridized carbons (Fsp3) is 0.200. The van der Waals surface area contributed by atoms with E-state index in [-0.39, 0.29) is 0 Å². The van der Waals surface area contributed by atoms with Crippen LogP contribution in [0.5, 0.6) is 5.75 Å². The lowest BCUT2D eigenvalue weighted by Gasteiger charge is -2.09. The zero-order valence-electron chi connectivity index (χ0n) is 10.1. The van der Waals surface area contributed by atoms with E-state index in [1.807, 2.05) is 18.2 Å². The molecule has 0 fully saturated rings. The molecule has 0 saturated heterocycles. The van der Waals surface area contributed by atoms with Crippen molar-refractivity contribution in [2.24, 2.45) is 0 Å². The minimum Gasteiger partial charge on any atom is -0.488 e. The summed E-state index contributed by atoms with van der Waals surface area (Å²) in [5, 5.41) is 0. The van der Waals surface area contributed by atoms with Gasteiger partial charge in [0.05, 0.1) is 4.47 Å². The van der Waals surface area contributed by atoms with Crippen molar-refractivity contribution in [2.45, 2.75) is 19.4 Å². The summed E-state index contributed by atoms with van der Waals surface area (Å²) in [4.78, 5) is 0. The van der Waals surface area contributed by atoms with E-state index in [2.05, 4.69) is 47.1 Å². The average molecular weight is 326 g/mol. The Morgan fingerprint density at radius 2 is 1.72 bits per heavy atom. The van der Waals surface area contributed by atoms with Gasteiger partial charge in [0.2, 0.25) is 0 Å². The second kappa shape index (κ2) is 6.26. The van der Waals surface area contributed by atoms with Gasteiger partial charge in [-0.25, -0.2) is 0 Å². The maximum absolute atomic E-state index is 5.78. The average Bonchev–Trinajstić information content (AvgIpc) is 2.39. The van der Waals surface area contributed by atoms with Gasteiger partial charge in [-0.1, -0.05) is 35.9 Å². The van der Waals surface area contributed by atoms with Crippen LogP contribution in [-0.2, 0) is 12.5 Å². The molecule has 2 aromatic carbocycles. The van der Waals surface area contributed by atoms with Crippen molar-refractivity contribution in [2.75, 3.05) is 0 Å². The lowest BCUT2D eigenvalue weighted by atomic mass is 10.2. The van der Waals surface area contributed by atoms with Gasteiger partial charge in [-0.15, -0.1) is 11.6 Å². The fourth-order valence-corrected chi connectivity index (χ4v) is 2.30. The molecule has 2 aromatic rings. The molecule has 0 N–H and O–H groups in total. The van der Waals surface area contributed by atoms with Gasteiger partial charge in [-0.05, 0) is 46.1 Å². The van der Waals surface area contributed by atoms with Gasteiger partial charge < -0.3 is 4.74 Å². The molecule has 0 amide bonds. The highest BCUT2D eigenvalue weighted by Crippen LogP contribution is 2.27. The molecule has 0 saturated carbocycles. The van der Waals surface area contributed by atoms with E-state index in [4.69, 9.17) is 16.3 Å². The maximum atomic E-state index is 5.78. The Hall–Kier alpha value is -0.990. The zero-order chi connectivity index (χ0) is 13.0. The predicted molar refractivity (Wildman–Crippen MR) is 79.2 cm³/mol. The van der Waals surface area contributed by atoms with Gasteiger partial charge in [-0.2, -0.15) is 0 Å². The number of alkyl halides is 1. The van der Waals surface area contributed by atoms with Crippen LogP contribution in [0.2, 0.25) is 0 Å². The van der Waals surface area contributed by atoms with Gasteiger partial charge in [0.25, 0.3) is 0 Å². The van der Waals surface area contributed by atoms with Gasteiger partial charge in [0.1, 0.15) is 12.4 Å². The Morgan fingerprint density at radius 3 is 2.33 bits per heavy atom. The highest BCUT2D eigenvalue weighted by Gasteiger charge is 2.03. The van der Waals surface area contributed by atoms with E-state index in [9.17, 15) is 0 Å². The van der Waals surface area contributed by atoms with E-state index in [0.717, 1.165) is 21.3 Å². The molecule has 0 bridgehead atoms. The van der Waals surface area contributed by atoms with E-state index in [1.54, 1.807) is 0 Å². The molecule has 0 spiro atoms. The van der Waals surface area contributed by atoms with Gasteiger partial charge in [0.15, 0.2) is 0 Å². The number of hydrogen-bond donors (Lipinski definition) is 0. The molecule has 2 rings (SSSR count). The van der Waals surface area contributed by atoms with E-state index in [0.29, 0.717) is 12.5 Å². The van der Waals surface area contributed by atoms with E-state index in [1.165, 1.54) is 5.56 Å². The first-order valence-corrected chi connectivity index (χ1v) is 7.04. The molecular weight excluding hydrogens is 312 g/mol. The topological polar surface area (TPSA) is 9.23 Å². The lowest BCUT2D eigenvalue weighted by molar-refractivity contribution is 0.304. The van der Waals surface area contributed by atoms with E-state index < -0.39 is 0 Å². The number of benzene rings is 2. The SMILES string of the molecule is Cc1ccc(COc2ccc(CCl)cc2Br)cc1. The van der Waals surface area contributed by atoms with Crippen molar-refractivity contribution in [3.8, 4) is 5.75 Å². The second-order valence-electron chi connectivity index (χ2n) is 4.17. The van der Waals surface area contributed by atoms with Gasteiger partial charge >= 0.3 is 0 Å². The monoisotopic (exact) mass is 324 g/mol. The standard InChI is InChI=1S/C15H14BrClO/c1-11-2-4-12(5-3-11)10-18-15-7-6-13(9-17)8-14(15)16/h2-8H,9-10H2,1H3. The van der Waals surface area contributed by atoms with Crippen molar-refractivity contribution < 1.29 is 4.74 Å². The highest BCUT2D eigenvalue weighted by molar-refractivity contribution is 9.10. The summed E-state index contributed by atoms with van der Waals surface area (Å²) in [5.74, 6) is 1.35. The van der Waals surface area contributed by atoms with Crippen LogP contribution in [0.15, 0.2) is 46.9 Å². The summed E-state index contributed by atoms with van der Waals surface area (Å²) in [6.07, 6.45) is 0. The summed E-state index contributed by atoms with van der Waals surface area (Å²) in [6, 6.07) is 14.2. The van der Waals surface area contributed by atoms with Crippen LogP contribution in [0, 0.1) is 6.92 Å². The van der Waals surface area contributed by atoms with Crippen LogP contribution in [0.3, 0.4) is 0 Å². The summed E-state index contributed by atoms with van der Waals surface area (Å²) in [6.45, 7) is 2.64. The molecule has 0 heterocycles. The molecule has 0 aromatic heterocycles. The van der Waals surface area contributed by atoms with Crippen LogP contribution < -0.4 is 4.74 Å². The minimum absolute atomic E-state index is 0.511. The van der Waals surface area contributed by atoms with Crippen LogP contribution in [-0.4, -0.2) is 0 Å². The molecule has 0 aliphatic carbocycles. The first-order valence-electron chi connectivity index (χ1n) is 5.72. The second-order valence-corrected chi connectivity index (χ2v) is 5.29. The maximum Gasteiger partial charge on any atom is 0.134 e. The summed E-state index contributed by atoms with van der Waals surface area (Å²) in [5.41, 5.74) is 3.49. The van der Waals surface area contributed by atoms with Crippen LogP contribution in [0.4, 0.5) is 0 Å². The third-order valence-corrected chi connectivity index (χ3v) is 3.59. The molecular formula is C15H14BrClO. The smallest absolute Gasteiger partial charge is 0.134 e. The summed E-state index contributed by atoms with van der Waals surface area (Å²) >= 11 is 9.27. The largest absolute Gasteiger partial charge is 0.488 e. The predicted octanol–water partition coefficient (Wildman–Crippen LogP) is 5.08. The Labute approximate surface area is 121 Å². The Bertz CT molecular complexity index is 523. The molecule has 0 atom stereocenters. The quantitative estimate of drug-likeness (QED) is 0.713. The molecule has 3 heteroatoms. The molecule has 1 nitrogen and oxygen atoms in total. The molecule has 18 heavy (non-hydrogen) atoms. The number of ether oxygens (including phenoxy) is 1. The summed E-state index contributed by atoms with van der Waals surface area (Å²) < 4.78 is 6.71. The molecule has 0 unspecified atom stereocenters. The highest BCUT2D eigenvalue weighted by atomic mass is 79.9. The van der Waals surface area contributed by atoms with Crippen molar-refractivity contribution in [1.29, 1.82) is 0 Å². The van der Waals surface area contributed by atoms with Crippen LogP contribution in [0.1, 0.15) is 16.7 Å². The van der Waals surface area contributed by atoms with Crippen molar-refractivity contribution in [3.63, 3.8) is 0 Å². The molecule has 0 aliphatic rings. The van der Waals surface area contributed by atoms with Crippen molar-refractivity contribution >= 4 is 27.5 Å². The Balaban J connectivity index is 2.04. The molecule has 0 aliphatic heterocycles. The van der Waals surface area contributed by atoms with E-state index >= 15 is 0 Å². The van der Waals surface area contributed by atoms with Crippen molar-refractivity contribution in [1.82, 2.24) is 0 Å². The third-order valence-electron chi connectivity index (χ3n) is 2.67. The first-order chi connectivity index (χ1) is 8.69. The number of halogens is 2. The number of aryl methyl sites for hydroxylation is 1. The van der Waals surface area contributed by atoms with Crippen LogP contribution in [0.25, 0.3) is 0 Å². The van der Waals surface area contributed by atoms with Crippen LogP contribution >= 0.6 is 27.5 Å². The summed E-state index contributed by atoms with van der Waals surface area (Å²) in [7, 11) is 0. The van der Waals surface area contributed by atoms with Gasteiger partial charge in [0, 0.05) is 5.88 Å². The number of hydrogen-bond acceptors (Lipinski definition) is 1. The number of rotatable bonds is 4.